The van der Waals surface area contributed by atoms with Gasteiger partial charge in [0.1, 0.15) is 13.2 Å². The number of ether oxygens (including phenoxy) is 3. The topological polar surface area (TPSA) is 78.9 Å². The average molecular weight is 781 g/mol. The largest absolute Gasteiger partial charge is 0.462 e. The molecule has 0 aromatic carbocycles. The fraction of sp³-hybridized carbons (Fsp3) is 0.700. The molecule has 0 saturated heterocycles. The second-order valence-electron chi connectivity index (χ2n) is 15.0. The molecule has 0 amide bonds. The zero-order valence-corrected chi connectivity index (χ0v) is 36.4. The van der Waals surface area contributed by atoms with Gasteiger partial charge >= 0.3 is 17.9 Å². The number of hydrogen-bond acceptors (Lipinski definition) is 6. The molecule has 1 unspecified atom stereocenters. The lowest BCUT2D eigenvalue weighted by molar-refractivity contribution is -0.167. The Kier molecular flexibility index (Phi) is 42.1. The summed E-state index contributed by atoms with van der Waals surface area (Å²) in [4.78, 5) is 37.7. The highest BCUT2D eigenvalue weighted by Gasteiger charge is 2.19. The second kappa shape index (κ2) is 44.6. The van der Waals surface area contributed by atoms with Crippen molar-refractivity contribution in [3.63, 3.8) is 0 Å². The van der Waals surface area contributed by atoms with E-state index in [2.05, 4.69) is 93.7 Å². The van der Waals surface area contributed by atoms with E-state index in [0.29, 0.717) is 19.3 Å². The van der Waals surface area contributed by atoms with Gasteiger partial charge in [0, 0.05) is 19.3 Å². The first kappa shape index (κ1) is 52.9. The summed E-state index contributed by atoms with van der Waals surface area (Å²) in [5.41, 5.74) is 0. The molecule has 0 radical (unpaired) electrons. The molecule has 0 N–H and O–H groups in total. The van der Waals surface area contributed by atoms with Crippen molar-refractivity contribution in [1.29, 1.82) is 0 Å². The van der Waals surface area contributed by atoms with Gasteiger partial charge in [-0.05, 0) is 89.9 Å². The number of allylic oxidation sites excluding steroid dienone is 12. The highest BCUT2D eigenvalue weighted by molar-refractivity contribution is 5.71. The summed E-state index contributed by atoms with van der Waals surface area (Å²) in [6, 6.07) is 0. The molecule has 0 bridgehead atoms. The molecule has 0 fully saturated rings. The van der Waals surface area contributed by atoms with Gasteiger partial charge in [-0.25, -0.2) is 0 Å². The lowest BCUT2D eigenvalue weighted by Gasteiger charge is -2.18. The molecule has 0 aromatic rings. The van der Waals surface area contributed by atoms with Crippen molar-refractivity contribution in [3.8, 4) is 0 Å². The SMILES string of the molecule is CC/C=C\C/C=C\CCCCCCCC(=O)OC(COC(=O)CCCCC/C=C\C=C/CCCC)COC(=O)CCCCCCCC/C=C\C=C/CCCCC. The van der Waals surface area contributed by atoms with E-state index >= 15 is 0 Å². The van der Waals surface area contributed by atoms with Crippen LogP contribution in [0.4, 0.5) is 0 Å². The van der Waals surface area contributed by atoms with Crippen LogP contribution < -0.4 is 0 Å². The monoisotopic (exact) mass is 781 g/mol. The van der Waals surface area contributed by atoms with Crippen molar-refractivity contribution >= 4 is 17.9 Å². The molecule has 0 saturated carbocycles. The maximum atomic E-state index is 12.7. The van der Waals surface area contributed by atoms with Gasteiger partial charge in [0.2, 0.25) is 0 Å². The Morgan fingerprint density at radius 3 is 1.25 bits per heavy atom. The van der Waals surface area contributed by atoms with Crippen LogP contribution in [0.3, 0.4) is 0 Å². The predicted molar refractivity (Wildman–Crippen MR) is 238 cm³/mol. The molecular weight excluding hydrogens is 697 g/mol. The molecule has 0 rings (SSSR count). The first-order valence-electron chi connectivity index (χ1n) is 23.0. The summed E-state index contributed by atoms with van der Waals surface area (Å²) < 4.78 is 16.7. The van der Waals surface area contributed by atoms with Crippen LogP contribution in [-0.4, -0.2) is 37.2 Å². The van der Waals surface area contributed by atoms with Crippen molar-refractivity contribution in [2.75, 3.05) is 13.2 Å². The number of hydrogen-bond donors (Lipinski definition) is 0. The predicted octanol–water partition coefficient (Wildman–Crippen LogP) is 14.7. The zero-order valence-electron chi connectivity index (χ0n) is 36.4. The van der Waals surface area contributed by atoms with Crippen LogP contribution in [0, 0.1) is 0 Å². The summed E-state index contributed by atoms with van der Waals surface area (Å²) >= 11 is 0. The normalized spacial score (nSPS) is 12.7. The number of esters is 3. The minimum absolute atomic E-state index is 0.0969. The lowest BCUT2D eigenvalue weighted by Crippen LogP contribution is -2.30. The third kappa shape index (κ3) is 42.0. The van der Waals surface area contributed by atoms with Gasteiger partial charge in [-0.2, -0.15) is 0 Å². The summed E-state index contributed by atoms with van der Waals surface area (Å²) in [6.45, 7) is 6.38. The molecule has 320 valence electrons. The van der Waals surface area contributed by atoms with Crippen molar-refractivity contribution in [1.82, 2.24) is 0 Å². The van der Waals surface area contributed by atoms with Gasteiger partial charge in [0.05, 0.1) is 0 Å². The van der Waals surface area contributed by atoms with Crippen molar-refractivity contribution in [3.05, 3.63) is 72.9 Å². The number of carbonyl (C=O) groups is 3. The molecule has 0 aliphatic carbocycles. The molecule has 56 heavy (non-hydrogen) atoms. The van der Waals surface area contributed by atoms with E-state index in [4.69, 9.17) is 14.2 Å². The van der Waals surface area contributed by atoms with Crippen LogP contribution in [0.25, 0.3) is 0 Å². The van der Waals surface area contributed by atoms with Gasteiger partial charge in [-0.15, -0.1) is 0 Å². The number of carbonyl (C=O) groups excluding carboxylic acids is 3. The molecule has 6 nitrogen and oxygen atoms in total. The molecular formula is C50H84O6. The van der Waals surface area contributed by atoms with Crippen molar-refractivity contribution in [2.24, 2.45) is 0 Å². The van der Waals surface area contributed by atoms with Gasteiger partial charge < -0.3 is 14.2 Å². The Balaban J connectivity index is 4.45. The van der Waals surface area contributed by atoms with E-state index in [1.807, 2.05) is 0 Å². The molecule has 0 aliphatic rings. The third-order valence-corrected chi connectivity index (χ3v) is 9.47. The first-order valence-corrected chi connectivity index (χ1v) is 23.0. The maximum absolute atomic E-state index is 12.7. The van der Waals surface area contributed by atoms with Crippen LogP contribution in [-0.2, 0) is 28.6 Å². The number of rotatable bonds is 40. The minimum Gasteiger partial charge on any atom is -0.462 e. The average Bonchev–Trinajstić information content (AvgIpc) is 3.19. The maximum Gasteiger partial charge on any atom is 0.306 e. The van der Waals surface area contributed by atoms with E-state index in [-0.39, 0.29) is 31.1 Å². The van der Waals surface area contributed by atoms with E-state index in [9.17, 15) is 14.4 Å². The van der Waals surface area contributed by atoms with E-state index in [0.717, 1.165) is 109 Å². The van der Waals surface area contributed by atoms with Crippen LogP contribution in [0.15, 0.2) is 72.9 Å². The highest BCUT2D eigenvalue weighted by atomic mass is 16.6. The third-order valence-electron chi connectivity index (χ3n) is 9.47. The Bertz CT molecular complexity index is 1080. The highest BCUT2D eigenvalue weighted by Crippen LogP contribution is 2.13. The van der Waals surface area contributed by atoms with Crippen molar-refractivity contribution < 1.29 is 28.6 Å². The van der Waals surface area contributed by atoms with Crippen LogP contribution >= 0.6 is 0 Å². The van der Waals surface area contributed by atoms with Gasteiger partial charge in [-0.1, -0.05) is 171 Å². The van der Waals surface area contributed by atoms with Crippen LogP contribution in [0.2, 0.25) is 0 Å². The van der Waals surface area contributed by atoms with E-state index in [1.165, 1.54) is 57.8 Å². The quantitative estimate of drug-likeness (QED) is 0.0203. The van der Waals surface area contributed by atoms with Gasteiger partial charge in [0.25, 0.3) is 0 Å². The van der Waals surface area contributed by atoms with Crippen LogP contribution in [0.5, 0.6) is 0 Å². The summed E-state index contributed by atoms with van der Waals surface area (Å²) in [7, 11) is 0. The Morgan fingerprint density at radius 2 is 0.768 bits per heavy atom. The standard InChI is InChI=1S/C50H84O6/c1-4-7-10-13-16-19-22-24-25-26-29-31-34-37-40-43-49(52)55-46-47(45-54-48(51)42-39-36-33-30-27-21-18-15-12-9-6-3)56-50(53)44-41-38-35-32-28-23-20-17-14-11-8-5-2/h8,11,15-22,24,27,47H,4-7,9-10,12-14,23,25-26,28-46H2,1-3H3/b11-8-,18-15-,19-16-,20-17-,24-22-,27-21-. The fourth-order valence-electron chi connectivity index (χ4n) is 5.97. The summed E-state index contributed by atoms with van der Waals surface area (Å²) in [6.07, 6.45) is 54.5. The molecule has 6 heteroatoms. The molecule has 1 atom stereocenters. The Labute approximate surface area is 344 Å². The molecule has 0 aromatic heterocycles. The van der Waals surface area contributed by atoms with Gasteiger partial charge in [-0.3, -0.25) is 14.4 Å². The van der Waals surface area contributed by atoms with Gasteiger partial charge in [0.15, 0.2) is 6.10 Å². The fourth-order valence-corrected chi connectivity index (χ4v) is 5.97. The minimum atomic E-state index is -0.796. The van der Waals surface area contributed by atoms with E-state index < -0.39 is 6.10 Å². The molecule has 0 aliphatic heterocycles. The second-order valence-corrected chi connectivity index (χ2v) is 15.0. The lowest BCUT2D eigenvalue weighted by atomic mass is 10.1. The Hall–Kier alpha value is -3.15. The summed E-state index contributed by atoms with van der Waals surface area (Å²) in [5, 5.41) is 0. The molecule has 0 heterocycles. The molecule has 0 spiro atoms. The van der Waals surface area contributed by atoms with E-state index in [1.54, 1.807) is 0 Å². The number of unbranched alkanes of at least 4 members (excludes halogenated alkanes) is 19. The zero-order chi connectivity index (χ0) is 40.8. The smallest absolute Gasteiger partial charge is 0.306 e. The first-order chi connectivity index (χ1) is 27.5. The summed E-state index contributed by atoms with van der Waals surface area (Å²) in [5.74, 6) is -0.958. The van der Waals surface area contributed by atoms with Crippen LogP contribution in [0.1, 0.15) is 207 Å². The Morgan fingerprint density at radius 1 is 0.393 bits per heavy atom. The van der Waals surface area contributed by atoms with Crippen molar-refractivity contribution in [2.45, 2.75) is 213 Å².